The molecule has 1 aromatic rings. The topological polar surface area (TPSA) is 54.0 Å². The van der Waals surface area contributed by atoms with E-state index in [2.05, 4.69) is 17.3 Å². The number of nitrogens with zero attached hydrogens (tertiary/aromatic N) is 2. The summed E-state index contributed by atoms with van der Waals surface area (Å²) in [7, 11) is 5.53. The van der Waals surface area contributed by atoms with Gasteiger partial charge in [0.25, 0.3) is 0 Å². The molecule has 0 spiro atoms. The fourth-order valence-electron chi connectivity index (χ4n) is 2.62. The van der Waals surface area contributed by atoms with Crippen molar-refractivity contribution in [1.82, 2.24) is 15.1 Å². The molecule has 0 aromatic heterocycles. The minimum atomic E-state index is -0.00770. The first-order valence-corrected chi connectivity index (χ1v) is 8.05. The van der Waals surface area contributed by atoms with Gasteiger partial charge in [0.1, 0.15) is 11.5 Å². The third kappa shape index (κ3) is 5.63. The predicted octanol–water partition coefficient (Wildman–Crippen LogP) is 1.81. The highest BCUT2D eigenvalue weighted by atomic mass is 16.5. The van der Waals surface area contributed by atoms with Gasteiger partial charge in [-0.05, 0) is 38.6 Å². The van der Waals surface area contributed by atoms with Crippen LogP contribution in [0.15, 0.2) is 24.3 Å². The number of methoxy groups -OCH3 is 1. The van der Waals surface area contributed by atoms with Gasteiger partial charge in [-0.3, -0.25) is 0 Å². The summed E-state index contributed by atoms with van der Waals surface area (Å²) in [6, 6.07) is 7.79. The molecule has 1 aliphatic rings. The Kier molecular flexibility index (Phi) is 6.52. The van der Waals surface area contributed by atoms with Crippen LogP contribution in [-0.4, -0.2) is 69.3 Å². The number of rotatable bonds is 7. The summed E-state index contributed by atoms with van der Waals surface area (Å²) in [5.41, 5.74) is 0. The molecule has 1 fully saturated rings. The van der Waals surface area contributed by atoms with Gasteiger partial charge < -0.3 is 24.6 Å². The van der Waals surface area contributed by atoms with E-state index in [0.29, 0.717) is 13.2 Å². The zero-order chi connectivity index (χ0) is 16.7. The van der Waals surface area contributed by atoms with E-state index in [1.54, 1.807) is 12.0 Å². The third-order valence-electron chi connectivity index (χ3n) is 4.01. The molecule has 1 N–H and O–H groups in total. The Morgan fingerprint density at radius 3 is 2.91 bits per heavy atom. The summed E-state index contributed by atoms with van der Waals surface area (Å²) in [5, 5.41) is 3.07. The standard InChI is InChI=1S/C17H27N3O3/c1-19-10-8-14(13-19)18-17(21)20(2)9-5-11-23-16-7-4-6-15(12-16)22-3/h4,6-7,12,14H,5,8-11,13H2,1-3H3,(H,18,21)/t14-/m0/s1. The number of likely N-dealkylation sites (tertiary alicyclic amines) is 1. The lowest BCUT2D eigenvalue weighted by molar-refractivity contribution is 0.199. The first-order valence-electron chi connectivity index (χ1n) is 8.05. The summed E-state index contributed by atoms with van der Waals surface area (Å²) in [6.45, 7) is 3.21. The number of carbonyl (C=O) groups excluding carboxylic acids is 1. The van der Waals surface area contributed by atoms with Crippen molar-refractivity contribution in [3.05, 3.63) is 24.3 Å². The van der Waals surface area contributed by atoms with Gasteiger partial charge >= 0.3 is 6.03 Å². The van der Waals surface area contributed by atoms with Crippen molar-refractivity contribution in [3.63, 3.8) is 0 Å². The molecule has 1 atom stereocenters. The number of hydrogen-bond donors (Lipinski definition) is 1. The molecule has 2 amide bonds. The van der Waals surface area contributed by atoms with Gasteiger partial charge in [-0.1, -0.05) is 6.07 Å². The average Bonchev–Trinajstić information content (AvgIpc) is 2.96. The molecule has 0 radical (unpaired) electrons. The Morgan fingerprint density at radius 1 is 1.43 bits per heavy atom. The molecular weight excluding hydrogens is 294 g/mol. The molecule has 6 nitrogen and oxygen atoms in total. The van der Waals surface area contributed by atoms with Crippen LogP contribution in [0, 0.1) is 0 Å². The smallest absolute Gasteiger partial charge is 0.317 e. The van der Waals surface area contributed by atoms with Crippen LogP contribution in [0.2, 0.25) is 0 Å². The highest BCUT2D eigenvalue weighted by Gasteiger charge is 2.22. The second-order valence-electron chi connectivity index (χ2n) is 6.00. The van der Waals surface area contributed by atoms with Gasteiger partial charge in [-0.25, -0.2) is 4.79 Å². The first-order chi connectivity index (χ1) is 11.1. The quantitative estimate of drug-likeness (QED) is 0.778. The number of nitrogens with one attached hydrogen (secondary N) is 1. The van der Waals surface area contributed by atoms with E-state index in [4.69, 9.17) is 9.47 Å². The van der Waals surface area contributed by atoms with Crippen molar-refractivity contribution in [2.75, 3.05) is 47.4 Å². The van der Waals surface area contributed by atoms with Gasteiger partial charge in [-0.2, -0.15) is 0 Å². The predicted molar refractivity (Wildman–Crippen MR) is 90.2 cm³/mol. The van der Waals surface area contributed by atoms with Gasteiger partial charge in [0.2, 0.25) is 0 Å². The number of likely N-dealkylation sites (N-methyl/N-ethyl adjacent to an activating group) is 1. The SMILES string of the molecule is COc1cccc(OCCCN(C)C(=O)N[C@H]2CCN(C)C2)c1. The second-order valence-corrected chi connectivity index (χ2v) is 6.00. The summed E-state index contributed by atoms with van der Waals surface area (Å²) in [4.78, 5) is 16.0. The van der Waals surface area contributed by atoms with Crippen molar-refractivity contribution in [2.24, 2.45) is 0 Å². The molecule has 2 rings (SSSR count). The lowest BCUT2D eigenvalue weighted by Crippen LogP contribution is -2.44. The van der Waals surface area contributed by atoms with Crippen molar-refractivity contribution in [2.45, 2.75) is 18.9 Å². The van der Waals surface area contributed by atoms with Gasteiger partial charge in [0.05, 0.1) is 13.7 Å². The van der Waals surface area contributed by atoms with E-state index in [-0.39, 0.29) is 12.1 Å². The van der Waals surface area contributed by atoms with E-state index in [9.17, 15) is 4.79 Å². The normalized spacial score (nSPS) is 17.8. The largest absolute Gasteiger partial charge is 0.497 e. The highest BCUT2D eigenvalue weighted by molar-refractivity contribution is 5.74. The molecular formula is C17H27N3O3. The average molecular weight is 321 g/mol. The molecule has 23 heavy (non-hydrogen) atoms. The summed E-state index contributed by atoms with van der Waals surface area (Å²) < 4.78 is 10.8. The third-order valence-corrected chi connectivity index (χ3v) is 4.01. The van der Waals surface area contributed by atoms with E-state index < -0.39 is 0 Å². The molecule has 1 saturated heterocycles. The zero-order valence-electron chi connectivity index (χ0n) is 14.2. The van der Waals surface area contributed by atoms with Crippen LogP contribution in [0.4, 0.5) is 4.79 Å². The Bertz CT molecular complexity index is 510. The van der Waals surface area contributed by atoms with Crippen molar-refractivity contribution >= 4 is 6.03 Å². The minimum absolute atomic E-state index is 0.00770. The number of carbonyl (C=O) groups is 1. The lowest BCUT2D eigenvalue weighted by atomic mass is 10.3. The van der Waals surface area contributed by atoms with Crippen molar-refractivity contribution in [1.29, 1.82) is 0 Å². The van der Waals surface area contributed by atoms with E-state index >= 15 is 0 Å². The maximum atomic E-state index is 12.1. The highest BCUT2D eigenvalue weighted by Crippen LogP contribution is 2.18. The monoisotopic (exact) mass is 321 g/mol. The lowest BCUT2D eigenvalue weighted by Gasteiger charge is -2.21. The molecule has 0 unspecified atom stereocenters. The van der Waals surface area contributed by atoms with Gasteiger partial charge in [0.15, 0.2) is 0 Å². The fraction of sp³-hybridized carbons (Fsp3) is 0.588. The molecule has 1 aromatic carbocycles. The number of benzene rings is 1. The summed E-state index contributed by atoms with van der Waals surface area (Å²) in [6.07, 6.45) is 1.81. The van der Waals surface area contributed by atoms with E-state index in [1.807, 2.05) is 31.3 Å². The van der Waals surface area contributed by atoms with Crippen LogP contribution in [0.3, 0.4) is 0 Å². The maximum absolute atomic E-state index is 12.1. The molecule has 1 heterocycles. The zero-order valence-corrected chi connectivity index (χ0v) is 14.2. The fourth-order valence-corrected chi connectivity index (χ4v) is 2.62. The second kappa shape index (κ2) is 8.62. The van der Waals surface area contributed by atoms with E-state index in [0.717, 1.165) is 37.4 Å². The summed E-state index contributed by atoms with van der Waals surface area (Å²) >= 11 is 0. The number of ether oxygens (including phenoxy) is 2. The van der Waals surface area contributed by atoms with E-state index in [1.165, 1.54) is 0 Å². The van der Waals surface area contributed by atoms with Crippen LogP contribution in [0.5, 0.6) is 11.5 Å². The molecule has 0 saturated carbocycles. The molecule has 128 valence electrons. The molecule has 6 heteroatoms. The Hall–Kier alpha value is -1.95. The molecule has 0 bridgehead atoms. The molecule has 1 aliphatic heterocycles. The number of amides is 2. The van der Waals surface area contributed by atoms with Crippen molar-refractivity contribution in [3.8, 4) is 11.5 Å². The molecule has 0 aliphatic carbocycles. The van der Waals surface area contributed by atoms with Gasteiger partial charge in [-0.15, -0.1) is 0 Å². The van der Waals surface area contributed by atoms with Crippen LogP contribution >= 0.6 is 0 Å². The van der Waals surface area contributed by atoms with Crippen LogP contribution in [0.1, 0.15) is 12.8 Å². The number of urea groups is 1. The minimum Gasteiger partial charge on any atom is -0.497 e. The first kappa shape index (κ1) is 17.4. The Labute approximate surface area is 138 Å². The van der Waals surface area contributed by atoms with Crippen LogP contribution in [0.25, 0.3) is 0 Å². The maximum Gasteiger partial charge on any atom is 0.317 e. The Balaban J connectivity index is 1.64. The van der Waals surface area contributed by atoms with Crippen LogP contribution < -0.4 is 14.8 Å². The van der Waals surface area contributed by atoms with Crippen molar-refractivity contribution < 1.29 is 14.3 Å². The Morgan fingerprint density at radius 2 is 2.22 bits per heavy atom. The van der Waals surface area contributed by atoms with Gasteiger partial charge in [0, 0.05) is 32.2 Å². The van der Waals surface area contributed by atoms with Crippen LogP contribution in [-0.2, 0) is 0 Å². The summed E-state index contributed by atoms with van der Waals surface area (Å²) in [5.74, 6) is 1.56. The number of hydrogen-bond acceptors (Lipinski definition) is 4.